The summed E-state index contributed by atoms with van der Waals surface area (Å²) in [5, 5.41) is 7.55. The lowest BCUT2D eigenvalue weighted by Crippen LogP contribution is -2.33. The highest BCUT2D eigenvalue weighted by Gasteiger charge is 2.19. The van der Waals surface area contributed by atoms with Crippen molar-refractivity contribution >= 4 is 6.03 Å². The molecule has 0 radical (unpaired) electrons. The summed E-state index contributed by atoms with van der Waals surface area (Å²) in [6.07, 6.45) is 5.20. The first-order valence-electron chi connectivity index (χ1n) is 4.03. The molecule has 1 amide bonds. The van der Waals surface area contributed by atoms with Crippen molar-refractivity contribution in [3.63, 3.8) is 0 Å². The summed E-state index contributed by atoms with van der Waals surface area (Å²) >= 11 is 0. The summed E-state index contributed by atoms with van der Waals surface area (Å²) in [7, 11) is 0. The van der Waals surface area contributed by atoms with Gasteiger partial charge < -0.3 is 4.90 Å². The number of rotatable bonds is 0. The van der Waals surface area contributed by atoms with E-state index in [0.29, 0.717) is 0 Å². The van der Waals surface area contributed by atoms with Gasteiger partial charge in [-0.1, -0.05) is 4.80 Å². The largest absolute Gasteiger partial charge is 0.362 e. The fraction of sp³-hybridized carbons (Fsp3) is 0.571. The van der Waals surface area contributed by atoms with Gasteiger partial charge in [0.25, 0.3) is 0 Å². The van der Waals surface area contributed by atoms with Crippen LogP contribution in [-0.2, 0) is 0 Å². The van der Waals surface area contributed by atoms with E-state index < -0.39 is 0 Å². The Labute approximate surface area is 70.0 Å². The van der Waals surface area contributed by atoms with Crippen molar-refractivity contribution in [2.45, 2.75) is 12.8 Å². The van der Waals surface area contributed by atoms with Gasteiger partial charge in [0.05, 0.1) is 12.4 Å². The second-order valence-electron chi connectivity index (χ2n) is 2.80. The molecule has 64 valence electrons. The van der Waals surface area contributed by atoms with Gasteiger partial charge in [-0.25, -0.2) is 4.79 Å². The summed E-state index contributed by atoms with van der Waals surface area (Å²) in [6, 6.07) is -0.113. The first-order chi connectivity index (χ1) is 5.88. The van der Waals surface area contributed by atoms with E-state index in [1.165, 1.54) is 12.4 Å². The molecule has 0 N–H and O–H groups in total. The summed E-state index contributed by atoms with van der Waals surface area (Å²) in [6.45, 7) is 1.67. The van der Waals surface area contributed by atoms with Crippen LogP contribution < -0.4 is 0 Å². The number of amides is 1. The van der Waals surface area contributed by atoms with Gasteiger partial charge in [0.1, 0.15) is 0 Å². The molecule has 12 heavy (non-hydrogen) atoms. The number of likely N-dealkylation sites (tertiary alicyclic amines) is 1. The number of aromatic nitrogens is 3. The van der Waals surface area contributed by atoms with Gasteiger partial charge in [-0.15, -0.1) is 0 Å². The van der Waals surface area contributed by atoms with Crippen LogP contribution in [0.15, 0.2) is 12.4 Å². The Balaban J connectivity index is 2.09. The van der Waals surface area contributed by atoms with Crippen molar-refractivity contribution in [2.75, 3.05) is 13.1 Å². The highest BCUT2D eigenvalue weighted by molar-refractivity contribution is 5.74. The summed E-state index contributed by atoms with van der Waals surface area (Å²) in [5.74, 6) is 0. The Morgan fingerprint density at radius 3 is 2.33 bits per heavy atom. The molecule has 1 aliphatic heterocycles. The third kappa shape index (κ3) is 1.17. The summed E-state index contributed by atoms with van der Waals surface area (Å²) in [4.78, 5) is 14.4. The normalized spacial score (nSPS) is 16.8. The standard InChI is InChI=1S/C7H10N4O/c12-7(10-5-1-2-6-10)11-8-3-4-9-11/h3-4H,1-2,5-6H2. The lowest BCUT2D eigenvalue weighted by molar-refractivity contribution is 0.203. The van der Waals surface area contributed by atoms with Crippen molar-refractivity contribution in [2.24, 2.45) is 0 Å². The molecule has 1 fully saturated rings. The van der Waals surface area contributed by atoms with Crippen molar-refractivity contribution in [1.82, 2.24) is 19.9 Å². The molecule has 0 saturated carbocycles. The summed E-state index contributed by atoms with van der Waals surface area (Å²) in [5.41, 5.74) is 0. The Bertz CT molecular complexity index is 263. The van der Waals surface area contributed by atoms with Crippen molar-refractivity contribution in [3.05, 3.63) is 12.4 Å². The molecule has 2 rings (SSSR count). The molecule has 0 bridgehead atoms. The SMILES string of the molecule is O=C(N1CCCC1)n1nccn1. The Hall–Kier alpha value is -1.39. The van der Waals surface area contributed by atoms with Crippen LogP contribution >= 0.6 is 0 Å². The van der Waals surface area contributed by atoms with Gasteiger partial charge in [0.15, 0.2) is 0 Å². The molecule has 5 nitrogen and oxygen atoms in total. The second kappa shape index (κ2) is 2.92. The number of nitrogens with zero attached hydrogens (tertiary/aromatic N) is 4. The Morgan fingerprint density at radius 1 is 1.17 bits per heavy atom. The molecule has 1 aromatic heterocycles. The lowest BCUT2D eigenvalue weighted by atomic mass is 10.4. The van der Waals surface area contributed by atoms with Gasteiger partial charge >= 0.3 is 6.03 Å². The molecule has 0 unspecified atom stereocenters. The van der Waals surface area contributed by atoms with E-state index in [4.69, 9.17) is 0 Å². The van der Waals surface area contributed by atoms with E-state index in [2.05, 4.69) is 10.2 Å². The molecule has 0 atom stereocenters. The zero-order valence-electron chi connectivity index (χ0n) is 6.68. The van der Waals surface area contributed by atoms with E-state index >= 15 is 0 Å². The van der Waals surface area contributed by atoms with Crippen LogP contribution in [-0.4, -0.2) is 39.0 Å². The molecule has 1 saturated heterocycles. The smallest absolute Gasteiger partial charge is 0.322 e. The van der Waals surface area contributed by atoms with Crippen LogP contribution in [0.25, 0.3) is 0 Å². The molecule has 0 aliphatic carbocycles. The fourth-order valence-electron chi connectivity index (χ4n) is 1.35. The molecular weight excluding hydrogens is 156 g/mol. The Kier molecular flexibility index (Phi) is 1.77. The lowest BCUT2D eigenvalue weighted by Gasteiger charge is -2.12. The number of carbonyl (C=O) groups is 1. The predicted molar refractivity (Wildman–Crippen MR) is 41.6 cm³/mol. The van der Waals surface area contributed by atoms with Crippen LogP contribution in [0.3, 0.4) is 0 Å². The maximum Gasteiger partial charge on any atom is 0.362 e. The van der Waals surface area contributed by atoms with Crippen LogP contribution in [0.2, 0.25) is 0 Å². The summed E-state index contributed by atoms with van der Waals surface area (Å²) < 4.78 is 0. The number of hydrogen-bond donors (Lipinski definition) is 0. The zero-order valence-corrected chi connectivity index (χ0v) is 6.68. The van der Waals surface area contributed by atoms with Crippen molar-refractivity contribution in [1.29, 1.82) is 0 Å². The highest BCUT2D eigenvalue weighted by Crippen LogP contribution is 2.07. The predicted octanol–water partition coefficient (Wildman–Crippen LogP) is 0.342. The quantitative estimate of drug-likeness (QED) is 0.558. The first-order valence-corrected chi connectivity index (χ1v) is 4.03. The average molecular weight is 166 g/mol. The molecule has 1 aliphatic rings. The van der Waals surface area contributed by atoms with E-state index in [1.54, 1.807) is 4.90 Å². The monoisotopic (exact) mass is 166 g/mol. The number of hydrogen-bond acceptors (Lipinski definition) is 3. The molecule has 1 aromatic rings. The van der Waals surface area contributed by atoms with Gasteiger partial charge in [-0.05, 0) is 12.8 Å². The highest BCUT2D eigenvalue weighted by atomic mass is 16.2. The maximum absolute atomic E-state index is 11.5. The van der Waals surface area contributed by atoms with Crippen LogP contribution in [0, 0.1) is 0 Å². The van der Waals surface area contributed by atoms with Crippen LogP contribution in [0.4, 0.5) is 4.79 Å². The van der Waals surface area contributed by atoms with E-state index in [-0.39, 0.29) is 6.03 Å². The maximum atomic E-state index is 11.5. The third-order valence-corrected chi connectivity index (χ3v) is 1.97. The number of carbonyl (C=O) groups excluding carboxylic acids is 1. The first kappa shape index (κ1) is 7.27. The minimum absolute atomic E-state index is 0.113. The van der Waals surface area contributed by atoms with Crippen molar-refractivity contribution < 1.29 is 4.79 Å². The van der Waals surface area contributed by atoms with Crippen LogP contribution in [0.1, 0.15) is 12.8 Å². The second-order valence-corrected chi connectivity index (χ2v) is 2.80. The van der Waals surface area contributed by atoms with Gasteiger partial charge in [0.2, 0.25) is 0 Å². The molecule has 0 spiro atoms. The van der Waals surface area contributed by atoms with E-state index in [0.717, 1.165) is 30.7 Å². The topological polar surface area (TPSA) is 51.0 Å². The van der Waals surface area contributed by atoms with Gasteiger partial charge in [-0.2, -0.15) is 10.2 Å². The zero-order chi connectivity index (χ0) is 8.39. The van der Waals surface area contributed by atoms with E-state index in [9.17, 15) is 4.79 Å². The molecule has 0 aromatic carbocycles. The Morgan fingerprint density at radius 2 is 1.75 bits per heavy atom. The minimum Gasteiger partial charge on any atom is -0.322 e. The van der Waals surface area contributed by atoms with Gasteiger partial charge in [0, 0.05) is 13.1 Å². The van der Waals surface area contributed by atoms with Gasteiger partial charge in [-0.3, -0.25) is 0 Å². The molecular formula is C7H10N4O. The fourth-order valence-corrected chi connectivity index (χ4v) is 1.35. The average Bonchev–Trinajstić information content (AvgIpc) is 2.77. The van der Waals surface area contributed by atoms with Crippen LogP contribution in [0.5, 0.6) is 0 Å². The third-order valence-electron chi connectivity index (χ3n) is 1.97. The molecule has 5 heteroatoms. The minimum atomic E-state index is -0.113. The molecule has 2 heterocycles. The van der Waals surface area contributed by atoms with Crippen molar-refractivity contribution in [3.8, 4) is 0 Å². The van der Waals surface area contributed by atoms with E-state index in [1.807, 2.05) is 0 Å².